The third-order valence-electron chi connectivity index (χ3n) is 5.38. The van der Waals surface area contributed by atoms with Gasteiger partial charge in [0, 0.05) is 19.2 Å². The molecule has 3 aromatic rings. The van der Waals surface area contributed by atoms with E-state index in [0.717, 1.165) is 19.5 Å². The predicted molar refractivity (Wildman–Crippen MR) is 111 cm³/mol. The number of phenols is 1. The average Bonchev–Trinajstić information content (AvgIpc) is 2.72. The van der Waals surface area contributed by atoms with Crippen LogP contribution in [0.25, 0.3) is 11.0 Å². The highest BCUT2D eigenvalue weighted by Crippen LogP contribution is 2.31. The molecule has 1 saturated heterocycles. The van der Waals surface area contributed by atoms with Crippen LogP contribution in [0.1, 0.15) is 25.3 Å². The molecule has 0 bridgehead atoms. The Balaban J connectivity index is 1.67. The van der Waals surface area contributed by atoms with Crippen molar-refractivity contribution in [3.8, 4) is 23.0 Å². The molecule has 6 nitrogen and oxygen atoms in total. The molecule has 29 heavy (non-hydrogen) atoms. The molecule has 0 radical (unpaired) electrons. The van der Waals surface area contributed by atoms with E-state index in [1.54, 1.807) is 43.5 Å². The Labute approximate surface area is 169 Å². The van der Waals surface area contributed by atoms with Crippen molar-refractivity contribution >= 4 is 11.0 Å². The summed E-state index contributed by atoms with van der Waals surface area (Å²) >= 11 is 0. The van der Waals surface area contributed by atoms with Gasteiger partial charge in [-0.25, -0.2) is 0 Å². The first-order valence-electron chi connectivity index (χ1n) is 9.85. The van der Waals surface area contributed by atoms with E-state index in [2.05, 4.69) is 11.8 Å². The van der Waals surface area contributed by atoms with Crippen LogP contribution in [0, 0.1) is 5.92 Å². The molecule has 1 aliphatic rings. The van der Waals surface area contributed by atoms with Crippen molar-refractivity contribution in [3.05, 3.63) is 58.4 Å². The third kappa shape index (κ3) is 4.07. The van der Waals surface area contributed by atoms with Gasteiger partial charge in [0.05, 0.1) is 18.1 Å². The van der Waals surface area contributed by atoms with Gasteiger partial charge >= 0.3 is 0 Å². The van der Waals surface area contributed by atoms with E-state index in [0.29, 0.717) is 40.5 Å². The zero-order chi connectivity index (χ0) is 20.4. The van der Waals surface area contributed by atoms with Crippen molar-refractivity contribution in [2.45, 2.75) is 26.3 Å². The monoisotopic (exact) mass is 395 g/mol. The zero-order valence-electron chi connectivity index (χ0n) is 16.7. The van der Waals surface area contributed by atoms with Gasteiger partial charge in [0.2, 0.25) is 11.2 Å². The number of methoxy groups -OCH3 is 1. The number of likely N-dealkylation sites (tertiary alicyclic amines) is 1. The second-order valence-electron chi connectivity index (χ2n) is 7.63. The van der Waals surface area contributed by atoms with Crippen molar-refractivity contribution in [1.29, 1.82) is 0 Å². The number of benzene rings is 2. The molecule has 4 rings (SSSR count). The first kappa shape index (κ1) is 19.3. The Morgan fingerprint density at radius 2 is 2.07 bits per heavy atom. The Morgan fingerprint density at radius 3 is 2.86 bits per heavy atom. The van der Waals surface area contributed by atoms with Gasteiger partial charge in [-0.2, -0.15) is 0 Å². The first-order chi connectivity index (χ1) is 14.0. The maximum atomic E-state index is 13.0. The fourth-order valence-corrected chi connectivity index (χ4v) is 3.90. The Bertz CT molecular complexity index is 1070. The molecule has 0 unspecified atom stereocenters. The van der Waals surface area contributed by atoms with Gasteiger partial charge in [0.25, 0.3) is 0 Å². The molecule has 6 heteroatoms. The van der Waals surface area contributed by atoms with Crippen LogP contribution < -0.4 is 14.9 Å². The van der Waals surface area contributed by atoms with E-state index in [1.807, 2.05) is 0 Å². The molecule has 0 amide bonds. The van der Waals surface area contributed by atoms with Gasteiger partial charge in [-0.15, -0.1) is 0 Å². The molecule has 1 atom stereocenters. The molecule has 0 spiro atoms. The average molecular weight is 395 g/mol. The zero-order valence-corrected chi connectivity index (χ0v) is 16.7. The summed E-state index contributed by atoms with van der Waals surface area (Å²) < 4.78 is 16.7. The summed E-state index contributed by atoms with van der Waals surface area (Å²) in [6.07, 6.45) is 3.67. The Morgan fingerprint density at radius 1 is 1.24 bits per heavy atom. The van der Waals surface area contributed by atoms with Gasteiger partial charge in [0.1, 0.15) is 29.1 Å². The molecule has 152 valence electrons. The quantitative estimate of drug-likeness (QED) is 0.684. The number of aromatic hydroxyl groups is 1. The van der Waals surface area contributed by atoms with E-state index in [-0.39, 0.29) is 16.9 Å². The van der Waals surface area contributed by atoms with Gasteiger partial charge < -0.3 is 19.0 Å². The summed E-state index contributed by atoms with van der Waals surface area (Å²) in [5.74, 6) is 1.97. The maximum Gasteiger partial charge on any atom is 0.235 e. The van der Waals surface area contributed by atoms with Crippen molar-refractivity contribution in [2.75, 3.05) is 20.2 Å². The molecular formula is C23H25NO5. The second kappa shape index (κ2) is 8.17. The topological polar surface area (TPSA) is 72.1 Å². The number of hydrogen-bond acceptors (Lipinski definition) is 6. The van der Waals surface area contributed by atoms with Crippen LogP contribution in [0.2, 0.25) is 0 Å². The molecule has 1 aliphatic heterocycles. The lowest BCUT2D eigenvalue weighted by molar-refractivity contribution is 0.175. The lowest BCUT2D eigenvalue weighted by Gasteiger charge is -2.31. The summed E-state index contributed by atoms with van der Waals surface area (Å²) in [6.45, 7) is 4.72. The number of nitrogens with zero attached hydrogens (tertiary/aromatic N) is 1. The number of fused-ring (bicyclic) bond motifs is 1. The molecule has 1 aromatic heterocycles. The Hall–Kier alpha value is -2.99. The number of rotatable bonds is 5. The normalized spacial score (nSPS) is 17.4. The van der Waals surface area contributed by atoms with Crippen molar-refractivity contribution < 1.29 is 19.0 Å². The lowest BCUT2D eigenvalue weighted by atomic mass is 9.99. The summed E-state index contributed by atoms with van der Waals surface area (Å²) in [5, 5.41) is 10.8. The minimum Gasteiger partial charge on any atom is -0.507 e. The van der Waals surface area contributed by atoms with Crippen LogP contribution in [-0.2, 0) is 6.54 Å². The van der Waals surface area contributed by atoms with Crippen LogP contribution in [-0.4, -0.2) is 30.2 Å². The maximum absolute atomic E-state index is 13.0. The van der Waals surface area contributed by atoms with E-state index in [9.17, 15) is 9.90 Å². The first-order valence-corrected chi connectivity index (χ1v) is 9.85. The number of hydrogen-bond donors (Lipinski definition) is 1. The molecule has 1 N–H and O–H groups in total. The van der Waals surface area contributed by atoms with Gasteiger partial charge in [-0.05, 0) is 49.6 Å². The van der Waals surface area contributed by atoms with Crippen LogP contribution in [0.3, 0.4) is 0 Å². The van der Waals surface area contributed by atoms with E-state index in [1.165, 1.54) is 12.7 Å². The second-order valence-corrected chi connectivity index (χ2v) is 7.63. The van der Waals surface area contributed by atoms with Gasteiger partial charge in [0.15, 0.2) is 0 Å². The predicted octanol–water partition coefficient (Wildman–Crippen LogP) is 4.53. The van der Waals surface area contributed by atoms with Crippen LogP contribution >= 0.6 is 0 Å². The minimum absolute atomic E-state index is 0.0917. The van der Waals surface area contributed by atoms with Crippen molar-refractivity contribution in [2.24, 2.45) is 5.92 Å². The molecule has 1 fully saturated rings. The fraction of sp³-hybridized carbons (Fsp3) is 0.348. The van der Waals surface area contributed by atoms with Crippen LogP contribution in [0.4, 0.5) is 0 Å². The molecule has 2 heterocycles. The minimum atomic E-state index is -0.276. The van der Waals surface area contributed by atoms with Crippen LogP contribution in [0.5, 0.6) is 23.0 Å². The van der Waals surface area contributed by atoms with Gasteiger partial charge in [-0.1, -0.05) is 13.0 Å². The van der Waals surface area contributed by atoms with Crippen molar-refractivity contribution in [3.63, 3.8) is 0 Å². The SMILES string of the molecule is COc1cccc(Oc2coc3c(CN4CCC[C@H](C)C4)c(O)ccc3c2=O)c1. The molecule has 2 aromatic carbocycles. The fourth-order valence-electron chi connectivity index (χ4n) is 3.90. The summed E-state index contributed by atoms with van der Waals surface area (Å²) in [5.41, 5.74) is 0.773. The van der Waals surface area contributed by atoms with E-state index in [4.69, 9.17) is 13.9 Å². The summed E-state index contributed by atoms with van der Waals surface area (Å²) in [6, 6.07) is 10.2. The number of piperidine rings is 1. The highest BCUT2D eigenvalue weighted by molar-refractivity contribution is 5.83. The highest BCUT2D eigenvalue weighted by Gasteiger charge is 2.21. The Kier molecular flexibility index (Phi) is 5.45. The summed E-state index contributed by atoms with van der Waals surface area (Å²) in [7, 11) is 1.57. The lowest BCUT2D eigenvalue weighted by Crippen LogP contribution is -2.33. The summed E-state index contributed by atoms with van der Waals surface area (Å²) in [4.78, 5) is 15.3. The standard InChI is InChI=1S/C23H25NO5/c1-15-5-4-10-24(12-15)13-19-20(25)9-8-18-22(26)21(14-28-23(18)19)29-17-7-3-6-16(11-17)27-2/h3,6-9,11,14-15,25H,4-5,10,12-13H2,1-2H3/t15-/m0/s1. The number of ether oxygens (including phenoxy) is 2. The van der Waals surface area contributed by atoms with Crippen LogP contribution in [0.15, 0.2) is 51.9 Å². The largest absolute Gasteiger partial charge is 0.507 e. The van der Waals surface area contributed by atoms with Crippen molar-refractivity contribution in [1.82, 2.24) is 4.90 Å². The van der Waals surface area contributed by atoms with E-state index >= 15 is 0 Å². The highest BCUT2D eigenvalue weighted by atomic mass is 16.5. The smallest absolute Gasteiger partial charge is 0.235 e. The third-order valence-corrected chi connectivity index (χ3v) is 5.38. The van der Waals surface area contributed by atoms with E-state index < -0.39 is 0 Å². The number of phenolic OH excluding ortho intramolecular Hbond substituents is 1. The van der Waals surface area contributed by atoms with Gasteiger partial charge in [-0.3, -0.25) is 9.69 Å². The molecule has 0 aliphatic carbocycles. The molecule has 0 saturated carbocycles. The molecular weight excluding hydrogens is 370 g/mol.